The summed E-state index contributed by atoms with van der Waals surface area (Å²) in [6.07, 6.45) is 3.93. The van der Waals surface area contributed by atoms with E-state index in [1.165, 1.54) is 0 Å². The van der Waals surface area contributed by atoms with Gasteiger partial charge in [-0.2, -0.15) is 0 Å². The quantitative estimate of drug-likeness (QED) is 0.612. The Labute approximate surface area is 175 Å². The zero-order chi connectivity index (χ0) is 21.0. The molecule has 1 saturated carbocycles. The number of hydrogen-bond donors (Lipinski definition) is 2. The lowest BCUT2D eigenvalue weighted by Crippen LogP contribution is -2.42. The highest BCUT2D eigenvalue weighted by atomic mass is 16.5. The number of ether oxygens (including phenoxy) is 1. The molecule has 1 aliphatic rings. The third kappa shape index (κ3) is 4.15. The first-order chi connectivity index (χ1) is 14.6. The molecule has 5 nitrogen and oxygen atoms in total. The van der Waals surface area contributed by atoms with Gasteiger partial charge in [0.1, 0.15) is 5.75 Å². The largest absolute Gasteiger partial charge is 0.482 e. The van der Waals surface area contributed by atoms with Crippen molar-refractivity contribution in [2.75, 3.05) is 6.61 Å². The van der Waals surface area contributed by atoms with Crippen molar-refractivity contribution in [2.45, 2.75) is 37.6 Å². The van der Waals surface area contributed by atoms with Crippen molar-refractivity contribution in [3.63, 3.8) is 0 Å². The van der Waals surface area contributed by atoms with Gasteiger partial charge in [0.25, 0.3) is 0 Å². The van der Waals surface area contributed by atoms with Crippen molar-refractivity contribution in [3.05, 3.63) is 77.9 Å². The van der Waals surface area contributed by atoms with E-state index in [1.54, 1.807) is 6.07 Å². The van der Waals surface area contributed by atoms with Crippen LogP contribution < -0.4 is 10.1 Å². The standard InChI is InChI=1S/C25H25NO4/c27-23(28)17-30-22-11-10-19-14-18(8-9-20(19)15-22)16-26-24(29)25(12-4-5-13-25)21-6-2-1-3-7-21/h1-3,6-11,14-15H,4-5,12-13,16-17H2,(H,26,29)(H,27,28). The molecule has 0 aliphatic heterocycles. The number of carbonyl (C=O) groups is 2. The minimum atomic E-state index is -1.00. The predicted octanol–water partition coefficient (Wildman–Crippen LogP) is 4.43. The molecule has 4 rings (SSSR count). The highest BCUT2D eigenvalue weighted by Crippen LogP contribution is 2.41. The second-order valence-corrected chi connectivity index (χ2v) is 7.86. The minimum Gasteiger partial charge on any atom is -0.482 e. The van der Waals surface area contributed by atoms with Crippen LogP contribution in [0, 0.1) is 0 Å². The van der Waals surface area contributed by atoms with E-state index in [-0.39, 0.29) is 12.5 Å². The van der Waals surface area contributed by atoms with Crippen LogP contribution in [0.4, 0.5) is 0 Å². The molecule has 0 spiro atoms. The van der Waals surface area contributed by atoms with E-state index < -0.39 is 11.4 Å². The van der Waals surface area contributed by atoms with Gasteiger partial charge in [-0.05, 0) is 52.9 Å². The molecule has 1 amide bonds. The van der Waals surface area contributed by atoms with Crippen LogP contribution in [0.25, 0.3) is 10.8 Å². The molecule has 0 saturated heterocycles. The Hall–Kier alpha value is -3.34. The first-order valence-electron chi connectivity index (χ1n) is 10.3. The summed E-state index contributed by atoms with van der Waals surface area (Å²) < 4.78 is 5.24. The Bertz CT molecular complexity index is 1060. The van der Waals surface area contributed by atoms with Gasteiger partial charge in [-0.15, -0.1) is 0 Å². The summed E-state index contributed by atoms with van der Waals surface area (Å²) in [6, 6.07) is 21.6. The lowest BCUT2D eigenvalue weighted by atomic mass is 9.78. The zero-order valence-corrected chi connectivity index (χ0v) is 16.8. The van der Waals surface area contributed by atoms with Gasteiger partial charge in [0.2, 0.25) is 5.91 Å². The smallest absolute Gasteiger partial charge is 0.341 e. The van der Waals surface area contributed by atoms with E-state index in [4.69, 9.17) is 9.84 Å². The second kappa shape index (κ2) is 8.57. The molecule has 0 atom stereocenters. The Morgan fingerprint density at radius 3 is 2.37 bits per heavy atom. The number of fused-ring (bicyclic) bond motifs is 1. The molecule has 3 aromatic carbocycles. The second-order valence-electron chi connectivity index (χ2n) is 7.86. The topological polar surface area (TPSA) is 75.6 Å². The van der Waals surface area contributed by atoms with Crippen molar-refractivity contribution in [1.82, 2.24) is 5.32 Å². The third-order valence-corrected chi connectivity index (χ3v) is 5.91. The van der Waals surface area contributed by atoms with E-state index in [2.05, 4.69) is 17.4 Å². The van der Waals surface area contributed by atoms with Crippen LogP contribution in [0.1, 0.15) is 36.8 Å². The first kappa shape index (κ1) is 20.0. The van der Waals surface area contributed by atoms with Crippen molar-refractivity contribution in [3.8, 4) is 5.75 Å². The lowest BCUT2D eigenvalue weighted by Gasteiger charge is -2.28. The fourth-order valence-corrected chi connectivity index (χ4v) is 4.35. The number of rotatable bonds is 7. The average molecular weight is 403 g/mol. The molecule has 0 heterocycles. The summed E-state index contributed by atoms with van der Waals surface area (Å²) in [5, 5.41) is 13.9. The molecule has 0 aromatic heterocycles. The van der Waals surface area contributed by atoms with Gasteiger partial charge >= 0.3 is 5.97 Å². The van der Waals surface area contributed by atoms with Gasteiger partial charge in [-0.25, -0.2) is 4.79 Å². The summed E-state index contributed by atoms with van der Waals surface area (Å²) in [5.41, 5.74) is 1.71. The van der Waals surface area contributed by atoms with E-state index in [9.17, 15) is 9.59 Å². The zero-order valence-electron chi connectivity index (χ0n) is 16.8. The number of hydrogen-bond acceptors (Lipinski definition) is 3. The normalized spacial score (nSPS) is 15.1. The number of amides is 1. The number of carboxylic acids is 1. The summed E-state index contributed by atoms with van der Waals surface area (Å²) in [7, 11) is 0. The highest BCUT2D eigenvalue weighted by molar-refractivity contribution is 5.89. The monoisotopic (exact) mass is 403 g/mol. The Morgan fingerprint density at radius 1 is 0.933 bits per heavy atom. The molecular formula is C25H25NO4. The molecule has 5 heteroatoms. The van der Waals surface area contributed by atoms with Gasteiger partial charge in [0.05, 0.1) is 5.41 Å². The maximum absolute atomic E-state index is 13.2. The number of aliphatic carboxylic acids is 1. The molecule has 1 fully saturated rings. The van der Waals surface area contributed by atoms with Crippen molar-refractivity contribution in [2.24, 2.45) is 0 Å². The summed E-state index contributed by atoms with van der Waals surface area (Å²) in [6.45, 7) is 0.111. The lowest BCUT2D eigenvalue weighted by molar-refractivity contribution is -0.139. The first-order valence-corrected chi connectivity index (χ1v) is 10.3. The van der Waals surface area contributed by atoms with Crippen LogP contribution >= 0.6 is 0 Å². The average Bonchev–Trinajstić information content (AvgIpc) is 3.28. The van der Waals surface area contributed by atoms with Crippen LogP contribution in [0.3, 0.4) is 0 Å². The van der Waals surface area contributed by atoms with Gasteiger partial charge in [-0.1, -0.05) is 61.4 Å². The van der Waals surface area contributed by atoms with Gasteiger partial charge in [0.15, 0.2) is 6.61 Å². The Kier molecular flexibility index (Phi) is 5.70. The molecule has 2 N–H and O–H groups in total. The highest BCUT2D eigenvalue weighted by Gasteiger charge is 2.42. The molecule has 0 radical (unpaired) electrons. The van der Waals surface area contributed by atoms with Crippen molar-refractivity contribution in [1.29, 1.82) is 0 Å². The van der Waals surface area contributed by atoms with E-state index in [0.717, 1.165) is 47.6 Å². The molecular weight excluding hydrogens is 378 g/mol. The molecule has 30 heavy (non-hydrogen) atoms. The van der Waals surface area contributed by atoms with Crippen LogP contribution in [0.2, 0.25) is 0 Å². The molecule has 3 aromatic rings. The van der Waals surface area contributed by atoms with E-state index >= 15 is 0 Å². The van der Waals surface area contributed by atoms with Crippen molar-refractivity contribution < 1.29 is 19.4 Å². The summed E-state index contributed by atoms with van der Waals surface area (Å²) >= 11 is 0. The molecule has 0 unspecified atom stereocenters. The molecule has 0 bridgehead atoms. The Morgan fingerprint density at radius 2 is 1.63 bits per heavy atom. The maximum Gasteiger partial charge on any atom is 0.341 e. The fraction of sp³-hybridized carbons (Fsp3) is 0.280. The fourth-order valence-electron chi connectivity index (χ4n) is 4.35. The third-order valence-electron chi connectivity index (χ3n) is 5.91. The Balaban J connectivity index is 1.47. The maximum atomic E-state index is 13.2. The van der Waals surface area contributed by atoms with Gasteiger partial charge in [-0.3, -0.25) is 4.79 Å². The minimum absolute atomic E-state index is 0.101. The molecule has 1 aliphatic carbocycles. The van der Waals surface area contributed by atoms with Crippen molar-refractivity contribution >= 4 is 22.6 Å². The number of nitrogens with one attached hydrogen (secondary N) is 1. The van der Waals surface area contributed by atoms with Gasteiger partial charge in [0, 0.05) is 6.54 Å². The van der Waals surface area contributed by atoms with Crippen LogP contribution in [0.15, 0.2) is 66.7 Å². The van der Waals surface area contributed by atoms with E-state index in [0.29, 0.717) is 12.3 Å². The summed E-state index contributed by atoms with van der Waals surface area (Å²) in [4.78, 5) is 23.9. The van der Waals surface area contributed by atoms with Crippen LogP contribution in [-0.4, -0.2) is 23.6 Å². The predicted molar refractivity (Wildman–Crippen MR) is 116 cm³/mol. The molecule has 154 valence electrons. The van der Waals surface area contributed by atoms with Crippen LogP contribution in [-0.2, 0) is 21.5 Å². The number of carbonyl (C=O) groups excluding carboxylic acids is 1. The van der Waals surface area contributed by atoms with Gasteiger partial charge < -0.3 is 15.2 Å². The van der Waals surface area contributed by atoms with E-state index in [1.807, 2.05) is 48.5 Å². The SMILES string of the molecule is O=C(O)COc1ccc2cc(CNC(=O)C3(c4ccccc4)CCCC3)ccc2c1. The summed E-state index contributed by atoms with van der Waals surface area (Å²) in [5.74, 6) is -0.377. The van der Waals surface area contributed by atoms with Crippen LogP contribution in [0.5, 0.6) is 5.75 Å². The number of benzene rings is 3. The number of carboxylic acid groups (broad SMARTS) is 1.